The Labute approximate surface area is 137 Å². The van der Waals surface area contributed by atoms with Crippen LogP contribution in [0.4, 0.5) is 0 Å². The smallest absolute Gasteiger partial charge is 0.241 e. The Bertz CT molecular complexity index is 820. The first kappa shape index (κ1) is 15.3. The molecule has 0 bridgehead atoms. The van der Waals surface area contributed by atoms with Gasteiger partial charge in [0, 0.05) is 11.0 Å². The lowest BCUT2D eigenvalue weighted by atomic mass is 10.2. The second kappa shape index (κ2) is 5.91. The molecule has 0 spiro atoms. The Morgan fingerprint density at radius 3 is 2.73 bits per heavy atom. The van der Waals surface area contributed by atoms with Gasteiger partial charge in [-0.25, -0.2) is 13.1 Å². The van der Waals surface area contributed by atoms with E-state index in [2.05, 4.69) is 20.7 Å². The fourth-order valence-electron chi connectivity index (χ4n) is 2.17. The van der Waals surface area contributed by atoms with E-state index in [0.29, 0.717) is 17.1 Å². The molecule has 0 atom stereocenters. The van der Waals surface area contributed by atoms with Crippen LogP contribution in [0.15, 0.2) is 45.8 Å². The topological polar surface area (TPSA) is 64.6 Å². The minimum absolute atomic E-state index is 0.185. The van der Waals surface area contributed by atoms with Crippen LogP contribution in [0.3, 0.4) is 0 Å². The number of sulfonamides is 1. The molecule has 1 heterocycles. The van der Waals surface area contributed by atoms with E-state index in [9.17, 15) is 8.42 Å². The van der Waals surface area contributed by atoms with E-state index in [1.165, 1.54) is 0 Å². The summed E-state index contributed by atoms with van der Waals surface area (Å²) in [5.41, 5.74) is 1.50. The number of fused-ring (bicyclic) bond motifs is 1. The largest absolute Gasteiger partial charge is 0.454 e. The van der Waals surface area contributed by atoms with E-state index in [1.807, 2.05) is 12.1 Å². The first-order chi connectivity index (χ1) is 10.5. The van der Waals surface area contributed by atoms with Gasteiger partial charge in [-0.15, -0.1) is 0 Å². The molecule has 116 valence electrons. The third-order valence-corrected chi connectivity index (χ3v) is 5.38. The number of nitrogens with one attached hydrogen (secondary N) is 1. The summed E-state index contributed by atoms with van der Waals surface area (Å²) in [5.74, 6) is 1.31. The lowest BCUT2D eigenvalue weighted by Gasteiger charge is -2.10. The standard InChI is InChI=1S/C15H14BrNO4S/c1-10-2-4-12(16)7-15(10)22(18,19)17-8-11-3-5-13-14(6-11)21-9-20-13/h2-7,17H,8-9H2,1H3. The molecule has 5 nitrogen and oxygen atoms in total. The van der Waals surface area contributed by atoms with Crippen molar-refractivity contribution in [3.63, 3.8) is 0 Å². The number of rotatable bonds is 4. The normalized spacial score (nSPS) is 13.4. The van der Waals surface area contributed by atoms with Gasteiger partial charge < -0.3 is 9.47 Å². The van der Waals surface area contributed by atoms with E-state index < -0.39 is 10.0 Å². The second-order valence-corrected chi connectivity index (χ2v) is 7.57. The summed E-state index contributed by atoms with van der Waals surface area (Å²) in [7, 11) is -3.58. The van der Waals surface area contributed by atoms with Gasteiger partial charge in [-0.2, -0.15) is 0 Å². The quantitative estimate of drug-likeness (QED) is 0.881. The van der Waals surface area contributed by atoms with Crippen molar-refractivity contribution in [2.45, 2.75) is 18.4 Å². The van der Waals surface area contributed by atoms with Gasteiger partial charge in [0.15, 0.2) is 11.5 Å². The van der Waals surface area contributed by atoms with Crippen molar-refractivity contribution < 1.29 is 17.9 Å². The molecular weight excluding hydrogens is 370 g/mol. The summed E-state index contributed by atoms with van der Waals surface area (Å²) in [4.78, 5) is 0.266. The Balaban J connectivity index is 1.79. The van der Waals surface area contributed by atoms with Crippen molar-refractivity contribution in [1.82, 2.24) is 4.72 Å². The summed E-state index contributed by atoms with van der Waals surface area (Å²) in [5, 5.41) is 0. The van der Waals surface area contributed by atoms with Crippen molar-refractivity contribution in [3.05, 3.63) is 52.0 Å². The summed E-state index contributed by atoms with van der Waals surface area (Å²) in [6.45, 7) is 2.15. The highest BCUT2D eigenvalue weighted by atomic mass is 79.9. The van der Waals surface area contributed by atoms with Gasteiger partial charge in [0.05, 0.1) is 4.90 Å². The highest BCUT2D eigenvalue weighted by molar-refractivity contribution is 9.10. The molecule has 0 aliphatic carbocycles. The summed E-state index contributed by atoms with van der Waals surface area (Å²) < 4.78 is 38.7. The zero-order valence-electron chi connectivity index (χ0n) is 11.8. The van der Waals surface area contributed by atoms with E-state index in [0.717, 1.165) is 10.0 Å². The predicted molar refractivity (Wildman–Crippen MR) is 85.5 cm³/mol. The lowest BCUT2D eigenvalue weighted by Crippen LogP contribution is -2.24. The number of ether oxygens (including phenoxy) is 2. The molecule has 0 unspecified atom stereocenters. The van der Waals surface area contributed by atoms with Crippen molar-refractivity contribution in [1.29, 1.82) is 0 Å². The molecule has 0 aromatic heterocycles. The fraction of sp³-hybridized carbons (Fsp3) is 0.200. The van der Waals surface area contributed by atoms with Crippen LogP contribution in [-0.2, 0) is 16.6 Å². The van der Waals surface area contributed by atoms with E-state index in [4.69, 9.17) is 9.47 Å². The molecule has 3 rings (SSSR count). The van der Waals surface area contributed by atoms with E-state index in [1.54, 1.807) is 31.2 Å². The molecular formula is C15H14BrNO4S. The molecule has 7 heteroatoms. The van der Waals surface area contributed by atoms with Crippen molar-refractivity contribution >= 4 is 26.0 Å². The predicted octanol–water partition coefficient (Wildman–Crippen LogP) is 2.96. The molecule has 1 aliphatic rings. The second-order valence-electron chi connectivity index (χ2n) is 4.92. The number of aryl methyl sites for hydroxylation is 1. The van der Waals surface area contributed by atoms with Gasteiger partial charge >= 0.3 is 0 Å². The minimum Gasteiger partial charge on any atom is -0.454 e. The third-order valence-electron chi connectivity index (χ3n) is 3.34. The number of hydrogen-bond acceptors (Lipinski definition) is 4. The molecule has 0 saturated heterocycles. The highest BCUT2D eigenvalue weighted by Crippen LogP contribution is 2.32. The van der Waals surface area contributed by atoms with Crippen molar-refractivity contribution in [2.75, 3.05) is 6.79 Å². The van der Waals surface area contributed by atoms with E-state index >= 15 is 0 Å². The molecule has 0 fully saturated rings. The summed E-state index contributed by atoms with van der Waals surface area (Å²) in [6.07, 6.45) is 0. The van der Waals surface area contributed by atoms with Crippen LogP contribution < -0.4 is 14.2 Å². The van der Waals surface area contributed by atoms with Crippen LogP contribution >= 0.6 is 15.9 Å². The Morgan fingerprint density at radius 2 is 1.91 bits per heavy atom. The minimum atomic E-state index is -3.58. The first-order valence-corrected chi connectivity index (χ1v) is 8.88. The Hall–Kier alpha value is -1.57. The number of benzene rings is 2. The SMILES string of the molecule is Cc1ccc(Br)cc1S(=O)(=O)NCc1ccc2c(c1)OCO2. The zero-order chi connectivity index (χ0) is 15.7. The maximum absolute atomic E-state index is 12.4. The third kappa shape index (κ3) is 3.11. The van der Waals surface area contributed by atoms with Gasteiger partial charge in [-0.05, 0) is 42.3 Å². The highest BCUT2D eigenvalue weighted by Gasteiger charge is 2.18. The average Bonchev–Trinajstić information content (AvgIpc) is 2.95. The molecule has 22 heavy (non-hydrogen) atoms. The molecule has 0 saturated carbocycles. The van der Waals surface area contributed by atoms with Gasteiger partial charge in [0.25, 0.3) is 0 Å². The fourth-order valence-corrected chi connectivity index (χ4v) is 3.97. The van der Waals surface area contributed by atoms with Crippen LogP contribution in [0.1, 0.15) is 11.1 Å². The zero-order valence-corrected chi connectivity index (χ0v) is 14.2. The van der Waals surface area contributed by atoms with Crippen LogP contribution in [0, 0.1) is 6.92 Å². The van der Waals surface area contributed by atoms with Gasteiger partial charge in [-0.1, -0.05) is 28.1 Å². The number of hydrogen-bond donors (Lipinski definition) is 1. The Kier molecular flexibility index (Phi) is 4.12. The number of halogens is 1. The summed E-state index contributed by atoms with van der Waals surface area (Å²) >= 11 is 3.30. The van der Waals surface area contributed by atoms with Gasteiger partial charge in [-0.3, -0.25) is 0 Å². The molecule has 2 aromatic rings. The van der Waals surface area contributed by atoms with Crippen LogP contribution in [-0.4, -0.2) is 15.2 Å². The molecule has 0 radical (unpaired) electrons. The van der Waals surface area contributed by atoms with E-state index in [-0.39, 0.29) is 18.2 Å². The van der Waals surface area contributed by atoms with Crippen LogP contribution in [0.2, 0.25) is 0 Å². The monoisotopic (exact) mass is 383 g/mol. The molecule has 2 aromatic carbocycles. The first-order valence-electron chi connectivity index (χ1n) is 6.60. The van der Waals surface area contributed by atoms with Crippen LogP contribution in [0.5, 0.6) is 11.5 Å². The lowest BCUT2D eigenvalue weighted by molar-refractivity contribution is 0.174. The average molecular weight is 384 g/mol. The van der Waals surface area contributed by atoms with Crippen molar-refractivity contribution in [2.24, 2.45) is 0 Å². The van der Waals surface area contributed by atoms with Crippen LogP contribution in [0.25, 0.3) is 0 Å². The van der Waals surface area contributed by atoms with Gasteiger partial charge in [0.2, 0.25) is 16.8 Å². The molecule has 1 N–H and O–H groups in total. The van der Waals surface area contributed by atoms with Gasteiger partial charge in [0.1, 0.15) is 0 Å². The maximum Gasteiger partial charge on any atom is 0.241 e. The maximum atomic E-state index is 12.4. The Morgan fingerprint density at radius 1 is 1.14 bits per heavy atom. The van der Waals surface area contributed by atoms with Crippen molar-refractivity contribution in [3.8, 4) is 11.5 Å². The molecule has 1 aliphatic heterocycles. The summed E-state index contributed by atoms with van der Waals surface area (Å²) in [6, 6.07) is 10.5. The molecule has 0 amide bonds.